The fourth-order valence-corrected chi connectivity index (χ4v) is 4.05. The molecule has 0 bridgehead atoms. The van der Waals surface area contributed by atoms with E-state index in [2.05, 4.69) is 15.2 Å². The summed E-state index contributed by atoms with van der Waals surface area (Å²) in [5.74, 6) is 2.22. The summed E-state index contributed by atoms with van der Waals surface area (Å²) in [5.41, 5.74) is 1.73. The summed E-state index contributed by atoms with van der Waals surface area (Å²) >= 11 is 6.03. The molecule has 2 aliphatic heterocycles. The Labute approximate surface area is 142 Å². The lowest BCUT2D eigenvalue weighted by Crippen LogP contribution is -2.39. The van der Waals surface area contributed by atoms with Crippen molar-refractivity contribution in [3.8, 4) is 0 Å². The van der Waals surface area contributed by atoms with E-state index in [1.54, 1.807) is 0 Å². The highest BCUT2D eigenvalue weighted by Gasteiger charge is 2.26. The summed E-state index contributed by atoms with van der Waals surface area (Å²) < 4.78 is 5.95. The van der Waals surface area contributed by atoms with E-state index >= 15 is 0 Å². The Morgan fingerprint density at radius 3 is 2.74 bits per heavy atom. The van der Waals surface area contributed by atoms with Gasteiger partial charge < -0.3 is 14.6 Å². The van der Waals surface area contributed by atoms with Gasteiger partial charge >= 0.3 is 0 Å². The Hall–Kier alpha value is -1.10. The average Bonchev–Trinajstić information content (AvgIpc) is 2.99. The standard InChI is InChI=1S/C18H24ClN3O/c19-15-1-2-17-16(11-15)21-18(23-17)14-5-9-22(10-6-14)12-13-3-7-20-8-4-13/h1-2,11,13-14,20H,3-10,12H2. The summed E-state index contributed by atoms with van der Waals surface area (Å²) in [6.07, 6.45) is 4.94. The van der Waals surface area contributed by atoms with Crippen molar-refractivity contribution in [2.75, 3.05) is 32.7 Å². The molecule has 0 atom stereocenters. The predicted molar refractivity (Wildman–Crippen MR) is 93.0 cm³/mol. The smallest absolute Gasteiger partial charge is 0.198 e. The summed E-state index contributed by atoms with van der Waals surface area (Å²) in [6, 6.07) is 5.66. The molecule has 1 aromatic carbocycles. The molecule has 3 heterocycles. The fourth-order valence-electron chi connectivity index (χ4n) is 3.88. The number of nitrogens with one attached hydrogen (secondary N) is 1. The average molecular weight is 334 g/mol. The first-order valence-electron chi connectivity index (χ1n) is 8.77. The molecule has 0 radical (unpaired) electrons. The van der Waals surface area contributed by atoms with Gasteiger partial charge in [0.05, 0.1) is 0 Å². The van der Waals surface area contributed by atoms with Gasteiger partial charge in [-0.3, -0.25) is 0 Å². The third kappa shape index (κ3) is 3.54. The van der Waals surface area contributed by atoms with Crippen LogP contribution >= 0.6 is 11.6 Å². The van der Waals surface area contributed by atoms with Crippen LogP contribution in [0.15, 0.2) is 22.6 Å². The summed E-state index contributed by atoms with van der Waals surface area (Å²) in [4.78, 5) is 7.29. The predicted octanol–water partition coefficient (Wildman–Crippen LogP) is 3.66. The van der Waals surface area contributed by atoms with E-state index in [0.29, 0.717) is 10.9 Å². The Bertz CT molecular complexity index is 657. The molecule has 4 nitrogen and oxygen atoms in total. The SMILES string of the molecule is Clc1ccc2oc(C3CCN(CC4CCNCC4)CC3)nc2c1. The number of likely N-dealkylation sites (tertiary alicyclic amines) is 1. The monoisotopic (exact) mass is 333 g/mol. The third-order valence-corrected chi connectivity index (χ3v) is 5.51. The van der Waals surface area contributed by atoms with Gasteiger partial charge in [-0.25, -0.2) is 4.98 Å². The highest BCUT2D eigenvalue weighted by atomic mass is 35.5. The van der Waals surface area contributed by atoms with Crippen LogP contribution in [0, 0.1) is 5.92 Å². The van der Waals surface area contributed by atoms with Gasteiger partial charge in [0.1, 0.15) is 5.52 Å². The van der Waals surface area contributed by atoms with Crippen molar-refractivity contribution in [2.45, 2.75) is 31.6 Å². The summed E-state index contributed by atoms with van der Waals surface area (Å²) in [5, 5.41) is 4.17. The maximum Gasteiger partial charge on any atom is 0.198 e. The van der Waals surface area contributed by atoms with E-state index in [1.165, 1.54) is 32.5 Å². The molecule has 0 unspecified atom stereocenters. The third-order valence-electron chi connectivity index (χ3n) is 5.28. The van der Waals surface area contributed by atoms with E-state index in [-0.39, 0.29) is 0 Å². The van der Waals surface area contributed by atoms with Gasteiger partial charge in [0, 0.05) is 17.5 Å². The van der Waals surface area contributed by atoms with Crippen molar-refractivity contribution < 1.29 is 4.42 Å². The molecule has 0 amide bonds. The highest BCUT2D eigenvalue weighted by Crippen LogP contribution is 2.31. The highest BCUT2D eigenvalue weighted by molar-refractivity contribution is 6.31. The van der Waals surface area contributed by atoms with Crippen molar-refractivity contribution in [1.82, 2.24) is 15.2 Å². The number of nitrogens with zero attached hydrogens (tertiary/aromatic N) is 2. The van der Waals surface area contributed by atoms with Gasteiger partial charge in [0.2, 0.25) is 0 Å². The second-order valence-electron chi connectivity index (χ2n) is 6.93. The van der Waals surface area contributed by atoms with Gasteiger partial charge in [0.25, 0.3) is 0 Å². The van der Waals surface area contributed by atoms with E-state index in [1.807, 2.05) is 18.2 Å². The maximum atomic E-state index is 6.03. The van der Waals surface area contributed by atoms with Crippen LogP contribution in [0.1, 0.15) is 37.5 Å². The Morgan fingerprint density at radius 1 is 1.17 bits per heavy atom. The second kappa shape index (κ2) is 6.80. The van der Waals surface area contributed by atoms with Gasteiger partial charge in [-0.2, -0.15) is 0 Å². The quantitative estimate of drug-likeness (QED) is 0.930. The molecule has 1 aromatic heterocycles. The largest absolute Gasteiger partial charge is 0.440 e. The fraction of sp³-hybridized carbons (Fsp3) is 0.611. The molecular formula is C18H24ClN3O. The minimum Gasteiger partial charge on any atom is -0.440 e. The molecule has 124 valence electrons. The molecule has 1 N–H and O–H groups in total. The number of benzene rings is 1. The van der Waals surface area contributed by atoms with Crippen LogP contribution in [-0.4, -0.2) is 42.6 Å². The van der Waals surface area contributed by atoms with Crippen LogP contribution in [0.25, 0.3) is 11.1 Å². The zero-order chi connectivity index (χ0) is 15.6. The van der Waals surface area contributed by atoms with E-state index in [0.717, 1.165) is 48.8 Å². The van der Waals surface area contributed by atoms with Crippen molar-refractivity contribution in [3.63, 3.8) is 0 Å². The van der Waals surface area contributed by atoms with Crippen LogP contribution in [0.4, 0.5) is 0 Å². The number of aromatic nitrogens is 1. The van der Waals surface area contributed by atoms with Crippen molar-refractivity contribution in [3.05, 3.63) is 29.1 Å². The lowest BCUT2D eigenvalue weighted by Gasteiger charge is -2.34. The van der Waals surface area contributed by atoms with Crippen molar-refractivity contribution in [2.24, 2.45) is 5.92 Å². The maximum absolute atomic E-state index is 6.03. The molecule has 2 saturated heterocycles. The number of rotatable bonds is 3. The summed E-state index contributed by atoms with van der Waals surface area (Å²) in [6.45, 7) is 5.96. The van der Waals surface area contributed by atoms with Crippen LogP contribution < -0.4 is 5.32 Å². The summed E-state index contributed by atoms with van der Waals surface area (Å²) in [7, 11) is 0. The topological polar surface area (TPSA) is 41.3 Å². The Kier molecular flexibility index (Phi) is 4.56. The number of hydrogen-bond acceptors (Lipinski definition) is 4. The molecule has 0 spiro atoms. The first-order valence-corrected chi connectivity index (χ1v) is 9.15. The minimum absolute atomic E-state index is 0.449. The molecule has 0 saturated carbocycles. The van der Waals surface area contributed by atoms with Crippen molar-refractivity contribution in [1.29, 1.82) is 0 Å². The van der Waals surface area contributed by atoms with Crippen molar-refractivity contribution >= 4 is 22.7 Å². The van der Waals surface area contributed by atoms with Crippen LogP contribution in [0.2, 0.25) is 5.02 Å². The number of fused-ring (bicyclic) bond motifs is 1. The van der Waals surface area contributed by atoms with Crippen LogP contribution in [0.5, 0.6) is 0 Å². The second-order valence-corrected chi connectivity index (χ2v) is 7.37. The van der Waals surface area contributed by atoms with Gasteiger partial charge in [-0.15, -0.1) is 0 Å². The molecule has 2 aliphatic rings. The van der Waals surface area contributed by atoms with E-state index in [4.69, 9.17) is 16.0 Å². The zero-order valence-electron chi connectivity index (χ0n) is 13.4. The Morgan fingerprint density at radius 2 is 1.96 bits per heavy atom. The minimum atomic E-state index is 0.449. The molecule has 0 aliphatic carbocycles. The molecule has 4 rings (SSSR count). The molecule has 5 heteroatoms. The number of oxazole rings is 1. The van der Waals surface area contributed by atoms with Crippen LogP contribution in [-0.2, 0) is 0 Å². The van der Waals surface area contributed by atoms with Gasteiger partial charge in [0.15, 0.2) is 11.5 Å². The number of piperidine rings is 2. The molecule has 2 aromatic rings. The first-order chi connectivity index (χ1) is 11.3. The normalized spacial score (nSPS) is 22.0. The van der Waals surface area contributed by atoms with Gasteiger partial charge in [-0.05, 0) is 76.0 Å². The van der Waals surface area contributed by atoms with E-state index < -0.39 is 0 Å². The van der Waals surface area contributed by atoms with Gasteiger partial charge in [-0.1, -0.05) is 11.6 Å². The van der Waals surface area contributed by atoms with Crippen LogP contribution in [0.3, 0.4) is 0 Å². The number of hydrogen-bond donors (Lipinski definition) is 1. The lowest BCUT2D eigenvalue weighted by molar-refractivity contribution is 0.160. The lowest BCUT2D eigenvalue weighted by atomic mass is 9.93. The zero-order valence-corrected chi connectivity index (χ0v) is 14.2. The molecular weight excluding hydrogens is 310 g/mol. The van der Waals surface area contributed by atoms with E-state index in [9.17, 15) is 0 Å². The molecule has 2 fully saturated rings. The Balaban J connectivity index is 1.36. The first kappa shape index (κ1) is 15.4. The number of halogens is 1. The molecule has 23 heavy (non-hydrogen) atoms.